The van der Waals surface area contributed by atoms with Gasteiger partial charge in [0.15, 0.2) is 0 Å². The van der Waals surface area contributed by atoms with Crippen LogP contribution in [0.3, 0.4) is 0 Å². The number of pyridine rings is 1. The Bertz CT molecular complexity index is 1460. The van der Waals surface area contributed by atoms with Crippen molar-refractivity contribution < 1.29 is 22.2 Å². The van der Waals surface area contributed by atoms with Crippen LogP contribution in [0.5, 0.6) is 0 Å². The number of halogens is 4. The average Bonchev–Trinajstić information content (AvgIpc) is 3.67. The number of hydrogen-bond acceptors (Lipinski definition) is 4. The topological polar surface area (TPSA) is 71.4 Å². The molecule has 5 nitrogen and oxygen atoms in total. The lowest BCUT2D eigenvalue weighted by Gasteiger charge is -2.20. The number of nitrogens with zero attached hydrogens (tertiary/aromatic N) is 2. The van der Waals surface area contributed by atoms with Crippen LogP contribution >= 0.6 is 11.6 Å². The minimum atomic E-state index is -3.64. The normalized spacial score (nSPS) is 15.3. The highest BCUT2D eigenvalue weighted by molar-refractivity contribution is 7.93. The lowest BCUT2D eigenvalue weighted by Crippen LogP contribution is -2.36. The lowest BCUT2D eigenvalue weighted by atomic mass is 10.1. The van der Waals surface area contributed by atoms with Crippen LogP contribution in [0, 0.1) is 19.7 Å². The third kappa shape index (κ3) is 4.99. The molecule has 4 rings (SSSR count). The zero-order valence-corrected chi connectivity index (χ0v) is 21.5. The molecule has 0 aliphatic heterocycles. The van der Waals surface area contributed by atoms with Crippen molar-refractivity contribution in [2.45, 2.75) is 48.3 Å². The Morgan fingerprint density at radius 2 is 1.92 bits per heavy atom. The fourth-order valence-electron chi connectivity index (χ4n) is 4.01. The molecule has 1 N–H and O–H groups in total. The van der Waals surface area contributed by atoms with Crippen molar-refractivity contribution in [2.75, 3.05) is 13.6 Å². The van der Waals surface area contributed by atoms with Crippen LogP contribution in [0.25, 0.3) is 0 Å². The second-order valence-corrected chi connectivity index (χ2v) is 11.5. The zero-order chi connectivity index (χ0) is 26.3. The summed E-state index contributed by atoms with van der Waals surface area (Å²) < 4.78 is 63.4. The summed E-state index contributed by atoms with van der Waals surface area (Å²) in [7, 11) is -2.37. The molecule has 2 aromatic carbocycles. The third-order valence-electron chi connectivity index (χ3n) is 6.10. The molecule has 0 saturated heterocycles. The van der Waals surface area contributed by atoms with Crippen molar-refractivity contribution in [3.05, 3.63) is 87.4 Å². The van der Waals surface area contributed by atoms with E-state index < -0.39 is 39.5 Å². The molecular weight excluding hydrogens is 511 g/mol. The van der Waals surface area contributed by atoms with E-state index in [0.29, 0.717) is 11.3 Å². The summed E-state index contributed by atoms with van der Waals surface area (Å²) in [6.07, 6.45) is 2.87. The molecule has 190 valence electrons. The maximum atomic E-state index is 15.4. The fraction of sp³-hybridized carbons (Fsp3) is 0.308. The van der Waals surface area contributed by atoms with Crippen LogP contribution in [0.4, 0.5) is 13.2 Å². The van der Waals surface area contributed by atoms with Crippen molar-refractivity contribution in [3.63, 3.8) is 0 Å². The second kappa shape index (κ2) is 9.86. The average molecular weight is 536 g/mol. The number of nitrogens with one attached hydrogen (secondary N) is 1. The summed E-state index contributed by atoms with van der Waals surface area (Å²) in [6.45, 7) is 2.27. The summed E-state index contributed by atoms with van der Waals surface area (Å²) in [5.41, 5.74) is 0.969. The summed E-state index contributed by atoms with van der Waals surface area (Å²) in [5.74, 6) is -4.96. The van der Waals surface area contributed by atoms with Crippen LogP contribution in [0.2, 0.25) is 5.02 Å². The van der Waals surface area contributed by atoms with E-state index in [0.717, 1.165) is 18.4 Å². The summed E-state index contributed by atoms with van der Waals surface area (Å²) in [6, 6.07) is 10.1. The van der Waals surface area contributed by atoms with E-state index >= 15 is 4.39 Å². The molecule has 3 aromatic rings. The van der Waals surface area contributed by atoms with Crippen LogP contribution in [0.15, 0.2) is 62.8 Å². The van der Waals surface area contributed by atoms with Gasteiger partial charge in [0.25, 0.3) is 11.8 Å². The first-order valence-electron chi connectivity index (χ1n) is 11.3. The molecule has 0 radical (unpaired) electrons. The number of aryl methyl sites for hydroxylation is 2. The third-order valence-corrected chi connectivity index (χ3v) is 8.76. The van der Waals surface area contributed by atoms with Gasteiger partial charge in [-0.3, -0.25) is 9.78 Å². The molecule has 1 aromatic heterocycles. The van der Waals surface area contributed by atoms with E-state index in [2.05, 4.69) is 14.7 Å². The van der Waals surface area contributed by atoms with Gasteiger partial charge in [-0.1, -0.05) is 35.9 Å². The minimum absolute atomic E-state index is 0.0557. The van der Waals surface area contributed by atoms with Crippen LogP contribution in [-0.2, 0) is 15.7 Å². The van der Waals surface area contributed by atoms with Crippen LogP contribution in [-0.4, -0.2) is 28.7 Å². The van der Waals surface area contributed by atoms with Crippen LogP contribution < -0.4 is 5.32 Å². The molecule has 1 atom stereocenters. The first kappa shape index (κ1) is 26.2. The first-order valence-corrected chi connectivity index (χ1v) is 13.2. The largest absolute Gasteiger partial charge is 0.346 e. The lowest BCUT2D eigenvalue weighted by molar-refractivity contribution is -0.00240. The molecule has 1 heterocycles. The van der Waals surface area contributed by atoms with Gasteiger partial charge in [-0.15, -0.1) is 0 Å². The maximum Gasteiger partial charge on any atom is 0.291 e. The van der Waals surface area contributed by atoms with E-state index in [-0.39, 0.29) is 26.3 Å². The molecule has 1 aliphatic rings. The summed E-state index contributed by atoms with van der Waals surface area (Å²) in [5, 5.41) is 2.10. The Hall–Kier alpha value is -2.91. The number of carbonyl (C=O) groups is 1. The van der Waals surface area contributed by atoms with Crippen molar-refractivity contribution >= 4 is 27.2 Å². The number of alkyl halides is 2. The number of rotatable bonds is 7. The predicted molar refractivity (Wildman–Crippen MR) is 133 cm³/mol. The van der Waals surface area contributed by atoms with Crippen molar-refractivity contribution in [2.24, 2.45) is 4.36 Å². The summed E-state index contributed by atoms with van der Waals surface area (Å²) in [4.78, 5) is 17.0. The zero-order valence-electron chi connectivity index (χ0n) is 19.9. The van der Waals surface area contributed by atoms with E-state index in [1.807, 2.05) is 0 Å². The van der Waals surface area contributed by atoms with E-state index in [1.54, 1.807) is 26.0 Å². The highest BCUT2D eigenvalue weighted by Crippen LogP contribution is 2.43. The molecule has 1 unspecified atom stereocenters. The SMILES string of the molecule is CN=S(=O)(c1cnc(C)cc1C(=O)NCC(F)(F)c1ccc(C)cc1Cl)c1cccc(C2CC2)c1F. The maximum absolute atomic E-state index is 15.4. The molecular formula is C26H25ClF3N3O2S. The Morgan fingerprint density at radius 1 is 1.19 bits per heavy atom. The van der Waals surface area contributed by atoms with Gasteiger partial charge in [0, 0.05) is 24.5 Å². The van der Waals surface area contributed by atoms with Gasteiger partial charge in [0.2, 0.25) is 0 Å². The Balaban J connectivity index is 1.70. The van der Waals surface area contributed by atoms with Crippen molar-refractivity contribution in [1.82, 2.24) is 10.3 Å². The summed E-state index contributed by atoms with van der Waals surface area (Å²) >= 11 is 6.01. The van der Waals surface area contributed by atoms with E-state index in [9.17, 15) is 17.8 Å². The van der Waals surface area contributed by atoms with Gasteiger partial charge in [-0.25, -0.2) is 13.0 Å². The quantitative estimate of drug-likeness (QED) is 0.380. The number of carbonyl (C=O) groups excluding carboxylic acids is 1. The fourth-order valence-corrected chi connectivity index (χ4v) is 6.28. The Kier molecular flexibility index (Phi) is 7.16. The van der Waals surface area contributed by atoms with Gasteiger partial charge < -0.3 is 5.32 Å². The van der Waals surface area contributed by atoms with Crippen molar-refractivity contribution in [1.29, 1.82) is 0 Å². The number of hydrogen-bond donors (Lipinski definition) is 1. The van der Waals surface area contributed by atoms with Crippen LogP contribution in [0.1, 0.15) is 51.5 Å². The van der Waals surface area contributed by atoms with Crippen molar-refractivity contribution in [3.8, 4) is 0 Å². The standard InChI is InChI=1S/C26H25ClF3N3O2S/c1-15-7-10-20(21(27)11-15)26(29,30)14-33-25(34)19-12-16(2)32-13-23(19)36(35,31-3)22-6-4-5-18(24(22)28)17-8-9-17/h4-7,10-13,17H,8-9,14H2,1-3H3,(H,33,34). The molecule has 0 bridgehead atoms. The van der Waals surface area contributed by atoms with E-state index in [1.165, 1.54) is 43.6 Å². The smallest absolute Gasteiger partial charge is 0.291 e. The van der Waals surface area contributed by atoms with Gasteiger partial charge in [0.05, 0.1) is 26.9 Å². The molecule has 10 heteroatoms. The monoisotopic (exact) mass is 535 g/mol. The number of aromatic nitrogens is 1. The van der Waals surface area contributed by atoms with Gasteiger partial charge in [0.1, 0.15) is 15.5 Å². The molecule has 0 spiro atoms. The molecule has 1 fully saturated rings. The first-order chi connectivity index (χ1) is 17.0. The number of amides is 1. The van der Waals surface area contributed by atoms with Gasteiger partial charge in [-0.2, -0.15) is 8.78 Å². The predicted octanol–water partition coefficient (Wildman–Crippen LogP) is 6.41. The highest BCUT2D eigenvalue weighted by atomic mass is 35.5. The Morgan fingerprint density at radius 3 is 2.56 bits per heavy atom. The highest BCUT2D eigenvalue weighted by Gasteiger charge is 2.36. The minimum Gasteiger partial charge on any atom is -0.346 e. The molecule has 1 saturated carbocycles. The van der Waals surface area contributed by atoms with E-state index in [4.69, 9.17) is 11.6 Å². The van der Waals surface area contributed by atoms with Gasteiger partial charge >= 0.3 is 0 Å². The second-order valence-electron chi connectivity index (χ2n) is 8.83. The Labute approximate surface area is 213 Å². The molecule has 36 heavy (non-hydrogen) atoms. The van der Waals surface area contributed by atoms with Gasteiger partial charge in [-0.05, 0) is 61.9 Å². The molecule has 1 aliphatic carbocycles. The molecule has 1 amide bonds. The number of benzene rings is 2.